The quantitative estimate of drug-likeness (QED) is 0.701. The highest BCUT2D eigenvalue weighted by atomic mass is 16.4. The smallest absolute Gasteiger partial charge is 0.402 e. The van der Waals surface area contributed by atoms with E-state index in [9.17, 15) is 5.11 Å². The van der Waals surface area contributed by atoms with Crippen LogP contribution in [0.3, 0.4) is 0 Å². The van der Waals surface area contributed by atoms with Gasteiger partial charge in [-0.3, -0.25) is 0 Å². The summed E-state index contributed by atoms with van der Waals surface area (Å²) in [6.07, 6.45) is 3.11. The third kappa shape index (κ3) is 4.87. The highest BCUT2D eigenvalue weighted by molar-refractivity contribution is 5.61. The minimum Gasteiger partial charge on any atom is -0.465 e. The number of carboxylic acid groups (broad SMARTS) is 1. The number of primary amides is 1. The van der Waals surface area contributed by atoms with Crippen LogP contribution in [0.5, 0.6) is 0 Å². The van der Waals surface area contributed by atoms with Crippen LogP contribution in [0.25, 0.3) is 0 Å². The average Bonchev–Trinajstić information content (AvgIpc) is 2.30. The number of benzene rings is 1. The Hall–Kier alpha value is -1.55. The predicted octanol–water partition coefficient (Wildman–Crippen LogP) is 2.33. The molecule has 2 rings (SSSR count). The molecule has 0 radical (unpaired) electrons. The van der Waals surface area contributed by atoms with Gasteiger partial charge < -0.3 is 15.9 Å². The molecule has 17 heavy (non-hydrogen) atoms. The van der Waals surface area contributed by atoms with E-state index in [1.807, 2.05) is 6.07 Å². The lowest BCUT2D eigenvalue weighted by atomic mass is 9.82. The van der Waals surface area contributed by atoms with Crippen molar-refractivity contribution in [2.24, 2.45) is 5.73 Å². The summed E-state index contributed by atoms with van der Waals surface area (Å²) in [7, 11) is 0. The molecule has 1 aromatic carbocycles. The Morgan fingerprint density at radius 3 is 2.24 bits per heavy atom. The summed E-state index contributed by atoms with van der Waals surface area (Å²) >= 11 is 0. The number of hydrogen-bond acceptors (Lipinski definition) is 2. The van der Waals surface area contributed by atoms with Gasteiger partial charge in [-0.05, 0) is 18.4 Å². The molecule has 0 spiro atoms. The van der Waals surface area contributed by atoms with Crippen molar-refractivity contribution >= 4 is 6.09 Å². The lowest BCUT2D eigenvalue weighted by Gasteiger charge is -2.27. The van der Waals surface area contributed by atoms with Crippen molar-refractivity contribution in [3.8, 4) is 0 Å². The molecule has 0 heterocycles. The fourth-order valence-electron chi connectivity index (χ4n) is 2.20. The van der Waals surface area contributed by atoms with Gasteiger partial charge in [0.25, 0.3) is 0 Å². The molecule has 2 atom stereocenters. The van der Waals surface area contributed by atoms with Crippen LogP contribution in [0, 0.1) is 0 Å². The maximum Gasteiger partial charge on any atom is 0.402 e. The van der Waals surface area contributed by atoms with E-state index in [1.54, 1.807) is 0 Å². The minimum atomic E-state index is -1.33. The Bertz CT molecular complexity index is 336. The van der Waals surface area contributed by atoms with E-state index < -0.39 is 6.09 Å². The van der Waals surface area contributed by atoms with Crippen LogP contribution < -0.4 is 5.73 Å². The van der Waals surface area contributed by atoms with Gasteiger partial charge >= 0.3 is 6.09 Å². The molecule has 1 aromatic rings. The zero-order valence-electron chi connectivity index (χ0n) is 9.75. The minimum absolute atomic E-state index is 0.115. The molecule has 0 aromatic heterocycles. The third-order valence-corrected chi connectivity index (χ3v) is 2.96. The molecule has 4 heteroatoms. The fraction of sp³-hybridized carbons (Fsp3) is 0.462. The first kappa shape index (κ1) is 13.5. The van der Waals surface area contributed by atoms with Gasteiger partial charge in [0.05, 0.1) is 6.10 Å². The number of nitrogens with two attached hydrogens (primary N) is 1. The molecule has 0 aliphatic heterocycles. The molecule has 1 saturated carbocycles. The first-order valence-electron chi connectivity index (χ1n) is 5.82. The van der Waals surface area contributed by atoms with Crippen LogP contribution >= 0.6 is 0 Å². The zero-order chi connectivity index (χ0) is 12.7. The lowest BCUT2D eigenvalue weighted by Crippen LogP contribution is -2.22. The van der Waals surface area contributed by atoms with Gasteiger partial charge in [0.15, 0.2) is 0 Å². The molecule has 94 valence electrons. The second kappa shape index (κ2) is 6.91. The molecule has 4 N–H and O–H groups in total. The Labute approximate surface area is 101 Å². The number of carbonyl (C=O) groups is 1. The maximum absolute atomic E-state index is 9.82. The van der Waals surface area contributed by atoms with Gasteiger partial charge in [-0.25, -0.2) is 4.79 Å². The van der Waals surface area contributed by atoms with Gasteiger partial charge in [-0.2, -0.15) is 0 Å². The topological polar surface area (TPSA) is 83.6 Å². The molecule has 0 unspecified atom stereocenters. The van der Waals surface area contributed by atoms with E-state index in [0.29, 0.717) is 5.92 Å². The molecule has 0 saturated heterocycles. The summed E-state index contributed by atoms with van der Waals surface area (Å²) in [4.78, 5) is 8.78. The van der Waals surface area contributed by atoms with E-state index in [0.717, 1.165) is 12.8 Å². The first-order chi connectivity index (χ1) is 8.11. The summed E-state index contributed by atoms with van der Waals surface area (Å²) in [6, 6.07) is 10.4. The van der Waals surface area contributed by atoms with E-state index >= 15 is 0 Å². The average molecular weight is 237 g/mol. The van der Waals surface area contributed by atoms with E-state index in [2.05, 4.69) is 30.0 Å². The van der Waals surface area contributed by atoms with E-state index in [-0.39, 0.29) is 6.10 Å². The first-order valence-corrected chi connectivity index (χ1v) is 5.82. The van der Waals surface area contributed by atoms with Crippen LogP contribution in [0.1, 0.15) is 37.2 Å². The standard InChI is InChI=1S/C12H16O.CH3NO2/c13-12-9-5-4-8-11(12)10-6-2-1-3-7-10;2-1(3)4/h1-3,6-7,11-13H,4-5,8-9H2;2H2,(H,3,4)/t11-,12+;/m0./s1. The summed E-state index contributed by atoms with van der Waals surface area (Å²) in [5, 5.41) is 17.0. The van der Waals surface area contributed by atoms with Crippen LogP contribution in [0.4, 0.5) is 4.79 Å². The lowest BCUT2D eigenvalue weighted by molar-refractivity contribution is 0.106. The van der Waals surface area contributed by atoms with Crippen molar-refractivity contribution < 1.29 is 15.0 Å². The molecule has 1 aliphatic rings. The molecule has 1 aliphatic carbocycles. The third-order valence-electron chi connectivity index (χ3n) is 2.96. The van der Waals surface area contributed by atoms with Gasteiger partial charge in [-0.1, -0.05) is 43.2 Å². The normalized spacial score (nSPS) is 23.4. The molecule has 1 fully saturated rings. The monoisotopic (exact) mass is 237 g/mol. The van der Waals surface area contributed by atoms with Gasteiger partial charge in [-0.15, -0.1) is 0 Å². The summed E-state index contributed by atoms with van der Waals surface area (Å²) in [5.74, 6) is 0.384. The highest BCUT2D eigenvalue weighted by Gasteiger charge is 2.23. The van der Waals surface area contributed by atoms with Crippen LogP contribution in [-0.4, -0.2) is 22.4 Å². The van der Waals surface area contributed by atoms with Gasteiger partial charge in [0.1, 0.15) is 0 Å². The summed E-state index contributed by atoms with van der Waals surface area (Å²) in [6.45, 7) is 0. The Balaban J connectivity index is 0.000000317. The summed E-state index contributed by atoms with van der Waals surface area (Å²) in [5.41, 5.74) is 5.33. The SMILES string of the molecule is NC(=O)O.O[C@@H]1CCCC[C@H]1c1ccccc1. The Morgan fingerprint density at radius 2 is 1.71 bits per heavy atom. The largest absolute Gasteiger partial charge is 0.465 e. The van der Waals surface area contributed by atoms with Crippen molar-refractivity contribution in [1.82, 2.24) is 0 Å². The molecular formula is C13H19NO3. The second-order valence-corrected chi connectivity index (χ2v) is 4.21. The fourth-order valence-corrected chi connectivity index (χ4v) is 2.20. The van der Waals surface area contributed by atoms with Crippen LogP contribution in [0.2, 0.25) is 0 Å². The van der Waals surface area contributed by atoms with Gasteiger partial charge in [0, 0.05) is 5.92 Å². The van der Waals surface area contributed by atoms with Crippen molar-refractivity contribution in [2.75, 3.05) is 0 Å². The van der Waals surface area contributed by atoms with Crippen molar-refractivity contribution in [2.45, 2.75) is 37.7 Å². The second-order valence-electron chi connectivity index (χ2n) is 4.21. The number of rotatable bonds is 1. The molecule has 4 nitrogen and oxygen atoms in total. The zero-order valence-corrected chi connectivity index (χ0v) is 9.75. The van der Waals surface area contributed by atoms with E-state index in [4.69, 9.17) is 9.90 Å². The molecule has 1 amide bonds. The van der Waals surface area contributed by atoms with Gasteiger partial charge in [0.2, 0.25) is 0 Å². The molecular weight excluding hydrogens is 218 g/mol. The summed E-state index contributed by atoms with van der Waals surface area (Å²) < 4.78 is 0. The number of aliphatic hydroxyl groups excluding tert-OH is 1. The highest BCUT2D eigenvalue weighted by Crippen LogP contribution is 2.32. The van der Waals surface area contributed by atoms with Crippen molar-refractivity contribution in [3.05, 3.63) is 35.9 Å². The Morgan fingerprint density at radius 1 is 1.18 bits per heavy atom. The van der Waals surface area contributed by atoms with Crippen molar-refractivity contribution in [3.63, 3.8) is 0 Å². The van der Waals surface area contributed by atoms with Crippen LogP contribution in [0.15, 0.2) is 30.3 Å². The predicted molar refractivity (Wildman–Crippen MR) is 65.9 cm³/mol. The Kier molecular flexibility index (Phi) is 5.49. The van der Waals surface area contributed by atoms with Crippen molar-refractivity contribution in [1.29, 1.82) is 0 Å². The number of amides is 1. The molecule has 0 bridgehead atoms. The van der Waals surface area contributed by atoms with Crippen LogP contribution in [-0.2, 0) is 0 Å². The van der Waals surface area contributed by atoms with E-state index in [1.165, 1.54) is 18.4 Å². The number of aliphatic hydroxyl groups is 1. The number of hydrogen-bond donors (Lipinski definition) is 3. The maximum atomic E-state index is 9.82.